The molecule has 43 heavy (non-hydrogen) atoms. The van der Waals surface area contributed by atoms with E-state index in [0.29, 0.717) is 34.7 Å². The summed E-state index contributed by atoms with van der Waals surface area (Å²) in [7, 11) is 3.18. The van der Waals surface area contributed by atoms with Gasteiger partial charge < -0.3 is 30.3 Å². The van der Waals surface area contributed by atoms with Crippen molar-refractivity contribution in [1.29, 1.82) is 0 Å². The van der Waals surface area contributed by atoms with Crippen LogP contribution in [0, 0.1) is 6.92 Å². The van der Waals surface area contributed by atoms with E-state index in [-0.39, 0.29) is 35.8 Å². The normalized spacial score (nSPS) is 19.7. The second kappa shape index (κ2) is 13.1. The highest BCUT2D eigenvalue weighted by molar-refractivity contribution is 5.98. The molecular formula is C33H39N5O5. The fourth-order valence-electron chi connectivity index (χ4n) is 6.27. The van der Waals surface area contributed by atoms with Crippen LogP contribution in [0.15, 0.2) is 60.8 Å². The van der Waals surface area contributed by atoms with Crippen molar-refractivity contribution in [1.82, 2.24) is 20.9 Å². The summed E-state index contributed by atoms with van der Waals surface area (Å²) in [5, 5.41) is 8.89. The number of hydrogen-bond acceptors (Lipinski definition) is 7. The zero-order valence-corrected chi connectivity index (χ0v) is 25.1. The number of methoxy groups -OCH3 is 2. The number of rotatable bonds is 10. The van der Waals surface area contributed by atoms with Crippen molar-refractivity contribution in [3.63, 3.8) is 0 Å². The van der Waals surface area contributed by atoms with Gasteiger partial charge >= 0.3 is 0 Å². The standard InChI is InChI=1S/C33H39N5O5/c1-5-34-33(41)30(21-9-14-26(42-3)15-10-21)37-31(39)22-11-16-29(35-19-22)38-24-12-13-25(38)18-23(17-24)36-32(40)27-7-6-8-28(43-4)20(27)2/h6-11,14-16,19,23-25,30H,5,12-13,17-18H2,1-4H3,(H,34,41)(H,36,40)(H,37,39)/t23-,24+,25-,30-/m0/s1. The smallest absolute Gasteiger partial charge is 0.253 e. The van der Waals surface area contributed by atoms with Gasteiger partial charge in [-0.25, -0.2) is 4.98 Å². The summed E-state index contributed by atoms with van der Waals surface area (Å²) in [5.74, 6) is 1.42. The monoisotopic (exact) mass is 585 g/mol. The Hall–Kier alpha value is -4.60. The van der Waals surface area contributed by atoms with Gasteiger partial charge in [0, 0.05) is 42.0 Å². The van der Waals surface area contributed by atoms with Crippen molar-refractivity contribution in [3.8, 4) is 11.5 Å². The average Bonchev–Trinajstić information content (AvgIpc) is 3.29. The number of anilines is 1. The molecule has 3 N–H and O–H groups in total. The molecule has 2 bridgehead atoms. The van der Waals surface area contributed by atoms with Crippen LogP contribution in [0.2, 0.25) is 0 Å². The van der Waals surface area contributed by atoms with Crippen LogP contribution in [0.3, 0.4) is 0 Å². The Labute approximate surface area is 252 Å². The number of carbonyl (C=O) groups excluding carboxylic acids is 3. The molecule has 0 radical (unpaired) electrons. The van der Waals surface area contributed by atoms with Gasteiger partial charge in [-0.2, -0.15) is 0 Å². The van der Waals surface area contributed by atoms with Gasteiger partial charge in [0.05, 0.1) is 19.8 Å². The molecular weight excluding hydrogens is 546 g/mol. The molecule has 226 valence electrons. The molecule has 4 atom stereocenters. The molecule has 0 spiro atoms. The number of benzene rings is 2. The van der Waals surface area contributed by atoms with E-state index >= 15 is 0 Å². The third kappa shape index (κ3) is 6.43. The van der Waals surface area contributed by atoms with Gasteiger partial charge in [0.25, 0.3) is 11.8 Å². The van der Waals surface area contributed by atoms with Crippen molar-refractivity contribution in [3.05, 3.63) is 83.0 Å². The van der Waals surface area contributed by atoms with Crippen molar-refractivity contribution in [2.45, 2.75) is 63.7 Å². The van der Waals surface area contributed by atoms with Crippen LogP contribution in [0.5, 0.6) is 11.5 Å². The highest BCUT2D eigenvalue weighted by Crippen LogP contribution is 2.38. The van der Waals surface area contributed by atoms with Crippen molar-refractivity contribution >= 4 is 23.5 Å². The molecule has 2 fully saturated rings. The minimum Gasteiger partial charge on any atom is -0.497 e. The molecule has 2 aliphatic heterocycles. The Morgan fingerprint density at radius 2 is 1.67 bits per heavy atom. The van der Waals surface area contributed by atoms with Gasteiger partial charge in [0.15, 0.2) is 0 Å². The van der Waals surface area contributed by atoms with Gasteiger partial charge in [-0.05, 0) is 81.5 Å². The number of likely N-dealkylation sites (N-methyl/N-ethyl adjacent to an activating group) is 1. The van der Waals surface area contributed by atoms with Crippen LogP contribution in [0.1, 0.15) is 70.5 Å². The maximum Gasteiger partial charge on any atom is 0.253 e. The van der Waals surface area contributed by atoms with E-state index < -0.39 is 6.04 Å². The molecule has 2 aromatic carbocycles. The summed E-state index contributed by atoms with van der Waals surface area (Å²) >= 11 is 0. The number of nitrogens with zero attached hydrogens (tertiary/aromatic N) is 2. The number of pyridine rings is 1. The zero-order valence-electron chi connectivity index (χ0n) is 25.1. The number of fused-ring (bicyclic) bond motifs is 2. The predicted octanol–water partition coefficient (Wildman–Crippen LogP) is 3.94. The lowest BCUT2D eigenvalue weighted by atomic mass is 9.96. The van der Waals surface area contributed by atoms with Gasteiger partial charge in [-0.15, -0.1) is 0 Å². The third-order valence-corrected chi connectivity index (χ3v) is 8.43. The van der Waals surface area contributed by atoms with Crippen LogP contribution in [0.25, 0.3) is 0 Å². The van der Waals surface area contributed by atoms with Crippen LogP contribution in [-0.4, -0.2) is 61.6 Å². The Bertz CT molecular complexity index is 1450. The lowest BCUT2D eigenvalue weighted by molar-refractivity contribution is -0.123. The molecule has 3 aromatic rings. The lowest BCUT2D eigenvalue weighted by Crippen LogP contribution is -2.50. The molecule has 0 aliphatic carbocycles. The van der Waals surface area contributed by atoms with Crippen LogP contribution in [0.4, 0.5) is 5.82 Å². The van der Waals surface area contributed by atoms with Crippen LogP contribution in [-0.2, 0) is 4.79 Å². The molecule has 10 heteroatoms. The highest BCUT2D eigenvalue weighted by atomic mass is 16.5. The topological polar surface area (TPSA) is 122 Å². The Balaban J connectivity index is 1.24. The second-order valence-electron chi connectivity index (χ2n) is 11.0. The quantitative estimate of drug-likeness (QED) is 0.330. The van der Waals surface area contributed by atoms with Gasteiger partial charge in [-0.1, -0.05) is 18.2 Å². The van der Waals surface area contributed by atoms with E-state index in [1.807, 2.05) is 38.1 Å². The molecule has 10 nitrogen and oxygen atoms in total. The molecule has 1 aromatic heterocycles. The van der Waals surface area contributed by atoms with Crippen molar-refractivity contribution in [2.24, 2.45) is 0 Å². The number of carbonyl (C=O) groups is 3. The maximum atomic E-state index is 13.2. The van der Waals surface area contributed by atoms with Gasteiger partial charge in [-0.3, -0.25) is 14.4 Å². The zero-order chi connectivity index (χ0) is 30.5. The minimum atomic E-state index is -0.858. The first-order valence-electron chi connectivity index (χ1n) is 14.7. The summed E-state index contributed by atoms with van der Waals surface area (Å²) in [4.78, 5) is 46.1. The first-order chi connectivity index (χ1) is 20.8. The molecule has 2 aliphatic rings. The van der Waals surface area contributed by atoms with Gasteiger partial charge in [0.2, 0.25) is 5.91 Å². The lowest BCUT2D eigenvalue weighted by Gasteiger charge is -2.40. The summed E-state index contributed by atoms with van der Waals surface area (Å²) < 4.78 is 10.6. The Morgan fingerprint density at radius 1 is 0.953 bits per heavy atom. The Morgan fingerprint density at radius 3 is 2.28 bits per heavy atom. The molecule has 3 heterocycles. The number of piperidine rings is 1. The van der Waals surface area contributed by atoms with E-state index in [1.54, 1.807) is 50.7 Å². The summed E-state index contributed by atoms with van der Waals surface area (Å²) in [6, 6.07) is 15.9. The largest absolute Gasteiger partial charge is 0.497 e. The van der Waals surface area contributed by atoms with E-state index in [4.69, 9.17) is 9.47 Å². The molecule has 5 rings (SSSR count). The van der Waals surface area contributed by atoms with Crippen LogP contribution >= 0.6 is 0 Å². The van der Waals surface area contributed by atoms with E-state index in [9.17, 15) is 14.4 Å². The minimum absolute atomic E-state index is 0.0704. The third-order valence-electron chi connectivity index (χ3n) is 8.43. The fraction of sp³-hybridized carbons (Fsp3) is 0.394. The SMILES string of the molecule is CCNC(=O)[C@@H](NC(=O)c1ccc(N2[C@@H]3CC[C@H]2C[C@@H](NC(=O)c2cccc(OC)c2C)C3)nc1)c1ccc(OC)cc1. The van der Waals surface area contributed by atoms with Crippen molar-refractivity contribution in [2.75, 3.05) is 25.7 Å². The number of hydrogen-bond donors (Lipinski definition) is 3. The van der Waals surface area contributed by atoms with Gasteiger partial charge in [0.1, 0.15) is 23.4 Å². The van der Waals surface area contributed by atoms with E-state index in [2.05, 4.69) is 25.8 Å². The molecule has 0 saturated carbocycles. The number of ether oxygens (including phenoxy) is 2. The number of amides is 3. The highest BCUT2D eigenvalue weighted by Gasteiger charge is 2.42. The second-order valence-corrected chi connectivity index (χ2v) is 11.0. The molecule has 3 amide bonds. The van der Waals surface area contributed by atoms with E-state index in [0.717, 1.165) is 37.1 Å². The predicted molar refractivity (Wildman–Crippen MR) is 164 cm³/mol. The molecule has 0 unspecified atom stereocenters. The summed E-state index contributed by atoms with van der Waals surface area (Å²) in [5.41, 5.74) is 2.48. The van der Waals surface area contributed by atoms with E-state index in [1.165, 1.54) is 0 Å². The average molecular weight is 586 g/mol. The first kappa shape index (κ1) is 29.9. The number of nitrogens with one attached hydrogen (secondary N) is 3. The Kier molecular flexibility index (Phi) is 9.13. The summed E-state index contributed by atoms with van der Waals surface area (Å²) in [6.07, 6.45) is 5.26. The van der Waals surface area contributed by atoms with Crippen molar-refractivity contribution < 1.29 is 23.9 Å². The number of aromatic nitrogens is 1. The van der Waals surface area contributed by atoms with Crippen LogP contribution < -0.4 is 30.3 Å². The fourth-order valence-corrected chi connectivity index (χ4v) is 6.27. The maximum absolute atomic E-state index is 13.2. The first-order valence-corrected chi connectivity index (χ1v) is 14.7. The summed E-state index contributed by atoms with van der Waals surface area (Å²) in [6.45, 7) is 4.18. The molecule has 2 saturated heterocycles.